The topological polar surface area (TPSA) is 49.9 Å². The Balaban J connectivity index is 1.41. The Morgan fingerprint density at radius 2 is 1.77 bits per heavy atom. The molecule has 0 N–H and O–H groups in total. The molecule has 0 atom stereocenters. The second kappa shape index (κ2) is 8.28. The van der Waals surface area contributed by atoms with Crippen molar-refractivity contribution < 1.29 is 13.2 Å². The number of ether oxygens (including phenoxy) is 1. The van der Waals surface area contributed by atoms with Crippen LogP contribution in [0.15, 0.2) is 24.3 Å². The number of sulfonamides is 1. The molecule has 1 heterocycles. The van der Waals surface area contributed by atoms with Gasteiger partial charge in [0.25, 0.3) is 0 Å². The maximum Gasteiger partial charge on any atom is 0.216 e. The summed E-state index contributed by atoms with van der Waals surface area (Å²) in [4.78, 5) is 2.49. The maximum atomic E-state index is 12.1. The molecule has 1 aromatic carbocycles. The molecular formula is C20H32N2O3S. The molecule has 1 aliphatic heterocycles. The van der Waals surface area contributed by atoms with Crippen LogP contribution in [0.5, 0.6) is 5.75 Å². The molecular weight excluding hydrogens is 348 g/mol. The predicted octanol–water partition coefficient (Wildman–Crippen LogP) is 3.11. The van der Waals surface area contributed by atoms with Crippen molar-refractivity contribution in [3.8, 4) is 5.75 Å². The summed E-state index contributed by atoms with van der Waals surface area (Å²) in [6.07, 6.45) is 4.69. The van der Waals surface area contributed by atoms with Gasteiger partial charge < -0.3 is 4.74 Å². The smallest absolute Gasteiger partial charge is 0.216 e. The molecule has 6 heteroatoms. The molecule has 5 nitrogen and oxygen atoms in total. The van der Waals surface area contributed by atoms with Gasteiger partial charge in [-0.3, -0.25) is 4.90 Å². The van der Waals surface area contributed by atoms with E-state index in [1.807, 2.05) is 0 Å². The molecule has 0 unspecified atom stereocenters. The highest BCUT2D eigenvalue weighted by atomic mass is 32.2. The number of nitrogens with zero attached hydrogens (tertiary/aromatic N) is 2. The number of hydrogen-bond donors (Lipinski definition) is 0. The van der Waals surface area contributed by atoms with Gasteiger partial charge in [0.15, 0.2) is 0 Å². The van der Waals surface area contributed by atoms with Gasteiger partial charge in [-0.25, -0.2) is 12.7 Å². The number of rotatable bonds is 8. The van der Waals surface area contributed by atoms with Gasteiger partial charge in [0.2, 0.25) is 10.0 Å². The summed E-state index contributed by atoms with van der Waals surface area (Å²) in [6, 6.07) is 8.45. The zero-order valence-corrected chi connectivity index (χ0v) is 17.0. The minimum absolute atomic E-state index is 0.208. The average molecular weight is 381 g/mol. The Labute approximate surface area is 158 Å². The predicted molar refractivity (Wildman–Crippen MR) is 105 cm³/mol. The third-order valence-electron chi connectivity index (χ3n) is 5.57. The Kier molecular flexibility index (Phi) is 6.25. The largest absolute Gasteiger partial charge is 0.490 e. The van der Waals surface area contributed by atoms with Crippen LogP contribution in [0.2, 0.25) is 0 Å². The van der Waals surface area contributed by atoms with E-state index in [1.165, 1.54) is 35.8 Å². The first-order valence-electron chi connectivity index (χ1n) is 9.77. The number of likely N-dealkylation sites (tertiary alicyclic amines) is 1. The van der Waals surface area contributed by atoms with Crippen molar-refractivity contribution in [3.63, 3.8) is 0 Å². The summed E-state index contributed by atoms with van der Waals surface area (Å²) in [5, 5.41) is -0.362. The van der Waals surface area contributed by atoms with Crippen LogP contribution in [0.4, 0.5) is 0 Å². The standard InChI is InChI=1S/C20H32N2O3S/c1-16(2)26(23,24)21(3)14-18-12-20(13-18)25-19-8-6-17(7-9-19)15-22-10-4-5-11-22/h6-9,16,18,20H,4-5,10-15H2,1-3H3. The van der Waals surface area contributed by atoms with Gasteiger partial charge in [0.1, 0.15) is 5.75 Å². The van der Waals surface area contributed by atoms with Crippen molar-refractivity contribution in [2.45, 2.75) is 57.4 Å². The monoisotopic (exact) mass is 380 g/mol. The van der Waals surface area contributed by atoms with Gasteiger partial charge in [0.05, 0.1) is 11.4 Å². The minimum atomic E-state index is -3.15. The molecule has 0 radical (unpaired) electrons. The number of benzene rings is 1. The zero-order chi connectivity index (χ0) is 18.7. The maximum absolute atomic E-state index is 12.1. The van der Waals surface area contributed by atoms with Gasteiger partial charge in [-0.05, 0) is 76.2 Å². The van der Waals surface area contributed by atoms with Crippen LogP contribution in [0.25, 0.3) is 0 Å². The van der Waals surface area contributed by atoms with Crippen LogP contribution in [0.3, 0.4) is 0 Å². The van der Waals surface area contributed by atoms with Crippen molar-refractivity contribution in [2.75, 3.05) is 26.7 Å². The SMILES string of the molecule is CC(C)S(=O)(=O)N(C)CC1CC(Oc2ccc(CN3CCCC3)cc2)C1. The van der Waals surface area contributed by atoms with Crippen LogP contribution >= 0.6 is 0 Å². The molecule has 1 saturated heterocycles. The van der Waals surface area contributed by atoms with E-state index in [0.29, 0.717) is 12.5 Å². The third kappa shape index (κ3) is 4.78. The van der Waals surface area contributed by atoms with Crippen molar-refractivity contribution in [1.29, 1.82) is 0 Å². The molecule has 3 rings (SSSR count). The Hall–Kier alpha value is -1.11. The van der Waals surface area contributed by atoms with Gasteiger partial charge in [-0.2, -0.15) is 0 Å². The quantitative estimate of drug-likeness (QED) is 0.695. The summed E-state index contributed by atoms with van der Waals surface area (Å²) in [7, 11) is -1.47. The van der Waals surface area contributed by atoms with Gasteiger partial charge in [-0.15, -0.1) is 0 Å². The van der Waals surface area contributed by atoms with E-state index in [2.05, 4.69) is 29.2 Å². The first-order valence-corrected chi connectivity index (χ1v) is 11.3. The second-order valence-corrected chi connectivity index (χ2v) is 10.7. The van der Waals surface area contributed by atoms with E-state index in [-0.39, 0.29) is 11.4 Å². The number of hydrogen-bond acceptors (Lipinski definition) is 4. The highest BCUT2D eigenvalue weighted by molar-refractivity contribution is 7.89. The summed E-state index contributed by atoms with van der Waals surface area (Å²) in [5.41, 5.74) is 1.34. The lowest BCUT2D eigenvalue weighted by atomic mass is 9.82. The van der Waals surface area contributed by atoms with Crippen molar-refractivity contribution >= 4 is 10.0 Å². The molecule has 2 aliphatic rings. The normalized spacial score (nSPS) is 24.2. The molecule has 2 fully saturated rings. The highest BCUT2D eigenvalue weighted by Crippen LogP contribution is 2.32. The van der Waals surface area contributed by atoms with Crippen molar-refractivity contribution in [1.82, 2.24) is 9.21 Å². The molecule has 0 spiro atoms. The molecule has 1 aromatic rings. The first-order chi connectivity index (χ1) is 12.3. The van der Waals surface area contributed by atoms with E-state index in [4.69, 9.17) is 4.74 Å². The third-order valence-corrected chi connectivity index (χ3v) is 7.78. The lowest BCUT2D eigenvalue weighted by molar-refractivity contribution is 0.0574. The van der Waals surface area contributed by atoms with Gasteiger partial charge >= 0.3 is 0 Å². The van der Waals surface area contributed by atoms with E-state index in [1.54, 1.807) is 20.9 Å². The lowest BCUT2D eigenvalue weighted by Crippen LogP contribution is -2.43. The second-order valence-electron chi connectivity index (χ2n) is 8.08. The molecule has 146 valence electrons. The summed E-state index contributed by atoms with van der Waals surface area (Å²) >= 11 is 0. The van der Waals surface area contributed by atoms with Crippen LogP contribution in [0.1, 0.15) is 45.1 Å². The molecule has 1 saturated carbocycles. The minimum Gasteiger partial charge on any atom is -0.490 e. The molecule has 0 amide bonds. The Morgan fingerprint density at radius 3 is 2.35 bits per heavy atom. The van der Waals surface area contributed by atoms with Crippen LogP contribution < -0.4 is 4.74 Å². The highest BCUT2D eigenvalue weighted by Gasteiger charge is 2.34. The summed E-state index contributed by atoms with van der Waals surface area (Å²) in [6.45, 7) is 7.50. The molecule has 1 aliphatic carbocycles. The Morgan fingerprint density at radius 1 is 1.15 bits per heavy atom. The molecule has 26 heavy (non-hydrogen) atoms. The first kappa shape index (κ1) is 19.6. The Bertz CT molecular complexity index is 676. The lowest BCUT2D eigenvalue weighted by Gasteiger charge is -2.37. The molecule has 0 bridgehead atoms. The van der Waals surface area contributed by atoms with Crippen LogP contribution in [-0.4, -0.2) is 55.7 Å². The molecule has 0 aromatic heterocycles. The fourth-order valence-electron chi connectivity index (χ4n) is 3.81. The van der Waals surface area contributed by atoms with E-state index in [9.17, 15) is 8.42 Å². The fourth-order valence-corrected chi connectivity index (χ4v) is 4.95. The summed E-state index contributed by atoms with van der Waals surface area (Å²) < 4.78 is 31.8. The zero-order valence-electron chi connectivity index (χ0n) is 16.2. The van der Waals surface area contributed by atoms with E-state index in [0.717, 1.165) is 25.1 Å². The van der Waals surface area contributed by atoms with Crippen molar-refractivity contribution in [2.24, 2.45) is 5.92 Å². The van der Waals surface area contributed by atoms with Crippen LogP contribution in [0, 0.1) is 5.92 Å². The van der Waals surface area contributed by atoms with Gasteiger partial charge in [-0.1, -0.05) is 12.1 Å². The van der Waals surface area contributed by atoms with Gasteiger partial charge in [0, 0.05) is 20.1 Å². The van der Waals surface area contributed by atoms with Crippen molar-refractivity contribution in [3.05, 3.63) is 29.8 Å². The van der Waals surface area contributed by atoms with Crippen LogP contribution in [-0.2, 0) is 16.6 Å². The summed E-state index contributed by atoms with van der Waals surface area (Å²) in [5.74, 6) is 1.31. The fraction of sp³-hybridized carbons (Fsp3) is 0.700. The average Bonchev–Trinajstić information content (AvgIpc) is 3.07. The van der Waals surface area contributed by atoms with E-state index >= 15 is 0 Å². The van der Waals surface area contributed by atoms with E-state index < -0.39 is 10.0 Å².